The van der Waals surface area contributed by atoms with Crippen molar-refractivity contribution in [3.8, 4) is 0 Å². The lowest BCUT2D eigenvalue weighted by Gasteiger charge is -2.42. The summed E-state index contributed by atoms with van der Waals surface area (Å²) in [6.45, 7) is 10.3. The Morgan fingerprint density at radius 2 is 1.80 bits per heavy atom. The number of hydrogen-bond acceptors (Lipinski definition) is 2. The molecule has 1 rings (SSSR count). The average molecular weight is 212 g/mol. The van der Waals surface area contributed by atoms with Crippen LogP contribution in [0, 0.1) is 5.92 Å². The van der Waals surface area contributed by atoms with E-state index in [0.29, 0.717) is 0 Å². The highest BCUT2D eigenvalue weighted by molar-refractivity contribution is 4.95. The molecule has 1 aliphatic rings. The van der Waals surface area contributed by atoms with Crippen LogP contribution in [0.4, 0.5) is 0 Å². The molecule has 90 valence electrons. The van der Waals surface area contributed by atoms with E-state index in [0.717, 1.165) is 19.0 Å². The normalized spacial score (nSPS) is 19.6. The summed E-state index contributed by atoms with van der Waals surface area (Å²) >= 11 is 0. The Balaban J connectivity index is 2.34. The van der Waals surface area contributed by atoms with Crippen LogP contribution >= 0.6 is 0 Å². The van der Waals surface area contributed by atoms with Crippen LogP contribution < -0.4 is 5.73 Å². The van der Waals surface area contributed by atoms with E-state index >= 15 is 0 Å². The van der Waals surface area contributed by atoms with Gasteiger partial charge in [-0.2, -0.15) is 0 Å². The van der Waals surface area contributed by atoms with E-state index in [1.807, 2.05) is 0 Å². The quantitative estimate of drug-likeness (QED) is 0.703. The molecule has 0 aromatic rings. The van der Waals surface area contributed by atoms with E-state index in [1.165, 1.54) is 38.6 Å². The minimum absolute atomic E-state index is 0.155. The molecule has 15 heavy (non-hydrogen) atoms. The number of likely N-dealkylation sites (N-methyl/N-ethyl adjacent to an activating group) is 1. The van der Waals surface area contributed by atoms with Gasteiger partial charge in [-0.1, -0.05) is 33.6 Å². The minimum atomic E-state index is 0.155. The average Bonchev–Trinajstić information content (AvgIpc) is 2.21. The second-order valence-corrected chi connectivity index (χ2v) is 5.23. The fourth-order valence-corrected chi connectivity index (χ4v) is 2.45. The number of nitrogens with zero attached hydrogens (tertiary/aromatic N) is 1. The van der Waals surface area contributed by atoms with Crippen molar-refractivity contribution in [2.45, 2.75) is 58.4 Å². The zero-order valence-corrected chi connectivity index (χ0v) is 10.8. The van der Waals surface area contributed by atoms with Crippen molar-refractivity contribution in [2.75, 3.05) is 19.6 Å². The topological polar surface area (TPSA) is 29.3 Å². The van der Waals surface area contributed by atoms with Crippen LogP contribution in [-0.4, -0.2) is 30.1 Å². The van der Waals surface area contributed by atoms with Gasteiger partial charge in [-0.15, -0.1) is 0 Å². The lowest BCUT2D eigenvalue weighted by molar-refractivity contribution is 0.132. The first-order valence-corrected chi connectivity index (χ1v) is 6.64. The van der Waals surface area contributed by atoms with Crippen LogP contribution in [0.2, 0.25) is 0 Å². The van der Waals surface area contributed by atoms with Gasteiger partial charge in [-0.3, -0.25) is 0 Å². The van der Waals surface area contributed by atoms with Gasteiger partial charge in [0.25, 0.3) is 0 Å². The first kappa shape index (κ1) is 13.0. The Bertz CT molecular complexity index is 171. The molecule has 0 radical (unpaired) electrons. The fraction of sp³-hybridized carbons (Fsp3) is 1.00. The van der Waals surface area contributed by atoms with E-state index < -0.39 is 0 Å². The molecule has 2 N–H and O–H groups in total. The van der Waals surface area contributed by atoms with Crippen molar-refractivity contribution in [1.82, 2.24) is 4.90 Å². The molecular formula is C13H28N2. The molecule has 1 saturated carbocycles. The van der Waals surface area contributed by atoms with Crippen molar-refractivity contribution in [3.05, 3.63) is 0 Å². The third kappa shape index (κ3) is 3.76. The number of rotatable bonds is 7. The third-order valence-corrected chi connectivity index (χ3v) is 4.01. The Labute approximate surface area is 95.2 Å². The minimum Gasteiger partial charge on any atom is -0.324 e. The monoisotopic (exact) mass is 212 g/mol. The summed E-state index contributed by atoms with van der Waals surface area (Å²) in [6, 6.07) is 0. The summed E-state index contributed by atoms with van der Waals surface area (Å²) in [4.78, 5) is 2.55. The molecule has 0 spiro atoms. The number of nitrogens with two attached hydrogens (primary N) is 1. The second-order valence-electron chi connectivity index (χ2n) is 5.23. The molecule has 0 amide bonds. The Morgan fingerprint density at radius 3 is 2.13 bits per heavy atom. The molecule has 1 fully saturated rings. The molecule has 0 aromatic heterocycles. The maximum Gasteiger partial charge on any atom is 0.0283 e. The Morgan fingerprint density at radius 1 is 1.20 bits per heavy atom. The third-order valence-electron chi connectivity index (χ3n) is 4.01. The van der Waals surface area contributed by atoms with Crippen molar-refractivity contribution < 1.29 is 0 Å². The molecule has 0 aliphatic heterocycles. The molecule has 1 aliphatic carbocycles. The summed E-state index contributed by atoms with van der Waals surface area (Å²) in [5, 5.41) is 0. The Hall–Kier alpha value is -0.0800. The lowest BCUT2D eigenvalue weighted by Crippen LogP contribution is -2.55. The van der Waals surface area contributed by atoms with Crippen molar-refractivity contribution in [3.63, 3.8) is 0 Å². The van der Waals surface area contributed by atoms with E-state index in [9.17, 15) is 0 Å². The van der Waals surface area contributed by atoms with Crippen LogP contribution in [-0.2, 0) is 0 Å². The molecule has 0 bridgehead atoms. The summed E-state index contributed by atoms with van der Waals surface area (Å²) in [7, 11) is 0. The predicted molar refractivity (Wildman–Crippen MR) is 67.0 cm³/mol. The standard InChI is InChI=1S/C13H28N2/c1-4-12(5-2)10-15(6-3)11-13(14)8-7-9-13/h12H,4-11,14H2,1-3H3. The van der Waals surface area contributed by atoms with Gasteiger partial charge in [0.15, 0.2) is 0 Å². The van der Waals surface area contributed by atoms with Crippen LogP contribution in [0.5, 0.6) is 0 Å². The molecular weight excluding hydrogens is 184 g/mol. The predicted octanol–water partition coefficient (Wildman–Crippen LogP) is 2.63. The molecule has 2 heteroatoms. The van der Waals surface area contributed by atoms with Crippen LogP contribution in [0.1, 0.15) is 52.9 Å². The molecule has 0 aromatic carbocycles. The van der Waals surface area contributed by atoms with E-state index in [1.54, 1.807) is 0 Å². The molecule has 2 nitrogen and oxygen atoms in total. The smallest absolute Gasteiger partial charge is 0.0283 e. The van der Waals surface area contributed by atoms with Crippen molar-refractivity contribution >= 4 is 0 Å². The van der Waals surface area contributed by atoms with Crippen LogP contribution in [0.15, 0.2) is 0 Å². The van der Waals surface area contributed by atoms with E-state index in [4.69, 9.17) is 5.73 Å². The number of hydrogen-bond donors (Lipinski definition) is 1. The lowest BCUT2D eigenvalue weighted by atomic mass is 9.77. The van der Waals surface area contributed by atoms with Gasteiger partial charge >= 0.3 is 0 Å². The zero-order chi connectivity index (χ0) is 11.3. The van der Waals surface area contributed by atoms with Gasteiger partial charge < -0.3 is 10.6 Å². The van der Waals surface area contributed by atoms with Gasteiger partial charge in [0.1, 0.15) is 0 Å². The first-order valence-electron chi connectivity index (χ1n) is 6.64. The fourth-order valence-electron chi connectivity index (χ4n) is 2.45. The van der Waals surface area contributed by atoms with E-state index in [-0.39, 0.29) is 5.54 Å². The highest BCUT2D eigenvalue weighted by Crippen LogP contribution is 2.30. The second kappa shape index (κ2) is 5.86. The maximum absolute atomic E-state index is 6.30. The molecule has 0 heterocycles. The van der Waals surface area contributed by atoms with Crippen molar-refractivity contribution in [1.29, 1.82) is 0 Å². The first-order chi connectivity index (χ1) is 7.13. The summed E-state index contributed by atoms with van der Waals surface area (Å²) in [5.41, 5.74) is 6.45. The summed E-state index contributed by atoms with van der Waals surface area (Å²) in [6.07, 6.45) is 6.38. The van der Waals surface area contributed by atoms with Gasteiger partial charge in [0, 0.05) is 18.6 Å². The summed E-state index contributed by atoms with van der Waals surface area (Å²) < 4.78 is 0. The highest BCUT2D eigenvalue weighted by Gasteiger charge is 2.34. The van der Waals surface area contributed by atoms with Crippen LogP contribution in [0.3, 0.4) is 0 Å². The zero-order valence-electron chi connectivity index (χ0n) is 10.8. The van der Waals surface area contributed by atoms with E-state index in [2.05, 4.69) is 25.7 Å². The molecule has 0 atom stereocenters. The van der Waals surface area contributed by atoms with Gasteiger partial charge in [0.05, 0.1) is 0 Å². The summed E-state index contributed by atoms with van der Waals surface area (Å²) in [5.74, 6) is 0.855. The van der Waals surface area contributed by atoms with Crippen molar-refractivity contribution in [2.24, 2.45) is 11.7 Å². The van der Waals surface area contributed by atoms with Gasteiger partial charge in [0.2, 0.25) is 0 Å². The molecule has 0 saturated heterocycles. The maximum atomic E-state index is 6.30. The molecule has 0 unspecified atom stereocenters. The highest BCUT2D eigenvalue weighted by atomic mass is 15.1. The van der Waals surface area contributed by atoms with Crippen LogP contribution in [0.25, 0.3) is 0 Å². The Kier molecular flexibility index (Phi) is 5.07. The largest absolute Gasteiger partial charge is 0.324 e. The van der Waals surface area contributed by atoms with Gasteiger partial charge in [-0.05, 0) is 31.7 Å². The van der Waals surface area contributed by atoms with Gasteiger partial charge in [-0.25, -0.2) is 0 Å². The SMILES string of the molecule is CCC(CC)CN(CC)CC1(N)CCC1.